The third-order valence-corrected chi connectivity index (χ3v) is 1.66. The topological polar surface area (TPSA) is 47.3 Å². The number of aldehydes is 1. The van der Waals surface area contributed by atoms with Crippen molar-refractivity contribution in [2.24, 2.45) is 0 Å². The molecule has 2 rings (SSSR count). The van der Waals surface area contributed by atoms with Gasteiger partial charge >= 0.3 is 0 Å². The molecule has 0 bridgehead atoms. The fourth-order valence-electron chi connectivity index (χ4n) is 1.11. The third kappa shape index (κ3) is 1.33. The fraction of sp³-hybridized carbons (Fsp3) is 0. The second-order valence-corrected chi connectivity index (χ2v) is 2.47. The lowest BCUT2D eigenvalue weighted by atomic mass is 10.4. The molecule has 2 heterocycles. The van der Waals surface area contributed by atoms with Gasteiger partial charge in [0.05, 0.1) is 11.9 Å². The van der Waals surface area contributed by atoms with Crippen LogP contribution in [0.5, 0.6) is 0 Å². The molecule has 2 aromatic rings. The second kappa shape index (κ2) is 3.18. The molecule has 0 unspecified atom stereocenters. The van der Waals surface area contributed by atoms with Gasteiger partial charge in [0.25, 0.3) is 0 Å². The van der Waals surface area contributed by atoms with Crippen LogP contribution in [0.15, 0.2) is 30.7 Å². The van der Waals surface area contributed by atoms with Crippen molar-refractivity contribution in [2.75, 3.05) is 0 Å². The van der Waals surface area contributed by atoms with Gasteiger partial charge < -0.3 is 0 Å². The molecule has 4 heteroatoms. The van der Waals surface area contributed by atoms with E-state index < -0.39 is 0 Å². The van der Waals surface area contributed by atoms with Crippen LogP contribution < -0.4 is 0 Å². The van der Waals surface area contributed by atoms with Gasteiger partial charge in [0.15, 0.2) is 0 Å². The summed E-state index contributed by atoms with van der Waals surface area (Å²) in [5, 5.41) is 0. The van der Waals surface area contributed by atoms with Crippen molar-refractivity contribution in [1.82, 2.24) is 14.4 Å². The van der Waals surface area contributed by atoms with Crippen LogP contribution in [0.25, 0.3) is 11.9 Å². The van der Waals surface area contributed by atoms with Gasteiger partial charge in [-0.3, -0.25) is 9.20 Å². The molecule has 64 valence electrons. The predicted molar refractivity (Wildman–Crippen MR) is 48.1 cm³/mol. The van der Waals surface area contributed by atoms with E-state index in [1.165, 1.54) is 6.08 Å². The molecule has 0 aliphatic rings. The number of nitrogens with zero attached hydrogens (tertiary/aromatic N) is 3. The van der Waals surface area contributed by atoms with Crippen LogP contribution in [0.1, 0.15) is 5.69 Å². The first-order chi connectivity index (χ1) is 6.42. The van der Waals surface area contributed by atoms with E-state index in [1.807, 2.05) is 12.3 Å². The number of allylic oxidation sites excluding steroid dienone is 1. The Morgan fingerprint density at radius 1 is 1.38 bits per heavy atom. The lowest BCUT2D eigenvalue weighted by Gasteiger charge is -1.92. The van der Waals surface area contributed by atoms with Crippen LogP contribution in [-0.4, -0.2) is 20.7 Å². The summed E-state index contributed by atoms with van der Waals surface area (Å²) in [6.45, 7) is 0. The smallest absolute Gasteiger partial charge is 0.234 e. The van der Waals surface area contributed by atoms with E-state index >= 15 is 0 Å². The minimum absolute atomic E-state index is 0.632. The van der Waals surface area contributed by atoms with Crippen LogP contribution in [-0.2, 0) is 4.79 Å². The molecule has 2 aromatic heterocycles. The third-order valence-electron chi connectivity index (χ3n) is 1.66. The Morgan fingerprint density at radius 2 is 2.31 bits per heavy atom. The molecular weight excluding hydrogens is 166 g/mol. The maximum Gasteiger partial charge on any atom is 0.234 e. The van der Waals surface area contributed by atoms with Crippen molar-refractivity contribution in [2.45, 2.75) is 0 Å². The highest BCUT2D eigenvalue weighted by Crippen LogP contribution is 2.04. The highest BCUT2D eigenvalue weighted by molar-refractivity contribution is 5.73. The predicted octanol–water partition coefficient (Wildman–Crippen LogP) is 0.941. The summed E-state index contributed by atoms with van der Waals surface area (Å²) in [6.07, 6.45) is 9.04. The SMILES string of the molecule is O=CC=Cc1cnc2ncccn12. The first-order valence-corrected chi connectivity index (χ1v) is 3.82. The van der Waals surface area contributed by atoms with Gasteiger partial charge in [0.1, 0.15) is 6.29 Å². The van der Waals surface area contributed by atoms with Crippen molar-refractivity contribution < 1.29 is 4.79 Å². The molecule has 0 aliphatic carbocycles. The fourth-order valence-corrected chi connectivity index (χ4v) is 1.11. The molecule has 0 fully saturated rings. The van der Waals surface area contributed by atoms with Crippen molar-refractivity contribution in [3.63, 3.8) is 0 Å². The Kier molecular flexibility index (Phi) is 1.88. The molecule has 0 atom stereocenters. The molecule has 4 nitrogen and oxygen atoms in total. The van der Waals surface area contributed by atoms with E-state index in [2.05, 4.69) is 9.97 Å². The average Bonchev–Trinajstić information content (AvgIpc) is 2.58. The van der Waals surface area contributed by atoms with Gasteiger partial charge in [-0.1, -0.05) is 0 Å². The quantitative estimate of drug-likeness (QED) is 0.501. The zero-order valence-corrected chi connectivity index (χ0v) is 6.79. The van der Waals surface area contributed by atoms with Crippen molar-refractivity contribution in [3.05, 3.63) is 36.4 Å². The summed E-state index contributed by atoms with van der Waals surface area (Å²) in [5.74, 6) is 0.632. The lowest BCUT2D eigenvalue weighted by Crippen LogP contribution is -1.87. The van der Waals surface area contributed by atoms with Crippen LogP contribution >= 0.6 is 0 Å². The molecule has 0 aliphatic heterocycles. The summed E-state index contributed by atoms with van der Waals surface area (Å²) in [7, 11) is 0. The molecule has 0 radical (unpaired) electrons. The second-order valence-electron chi connectivity index (χ2n) is 2.47. The first kappa shape index (κ1) is 7.67. The number of imidazole rings is 1. The van der Waals surface area contributed by atoms with Gasteiger partial charge in [0, 0.05) is 12.4 Å². The Bertz CT molecular complexity index is 459. The lowest BCUT2D eigenvalue weighted by molar-refractivity contribution is -0.104. The van der Waals surface area contributed by atoms with E-state index in [-0.39, 0.29) is 0 Å². The first-order valence-electron chi connectivity index (χ1n) is 3.82. The van der Waals surface area contributed by atoms with E-state index in [1.54, 1.807) is 22.9 Å². The number of hydrogen-bond donors (Lipinski definition) is 0. The number of rotatable bonds is 2. The van der Waals surface area contributed by atoms with Crippen LogP contribution in [0.3, 0.4) is 0 Å². The average molecular weight is 173 g/mol. The molecule has 0 saturated heterocycles. The summed E-state index contributed by atoms with van der Waals surface area (Å²) in [5.41, 5.74) is 0.843. The monoisotopic (exact) mass is 173 g/mol. The molecule has 13 heavy (non-hydrogen) atoms. The Morgan fingerprint density at radius 3 is 3.15 bits per heavy atom. The largest absolute Gasteiger partial charge is 0.299 e. The van der Waals surface area contributed by atoms with Gasteiger partial charge in [-0.2, -0.15) is 0 Å². The maximum absolute atomic E-state index is 10.1. The van der Waals surface area contributed by atoms with E-state index in [0.29, 0.717) is 5.78 Å². The van der Waals surface area contributed by atoms with Gasteiger partial charge in [-0.25, -0.2) is 9.97 Å². The van der Waals surface area contributed by atoms with E-state index in [4.69, 9.17) is 0 Å². The number of fused-ring (bicyclic) bond motifs is 1. The zero-order valence-electron chi connectivity index (χ0n) is 6.79. The molecule has 0 saturated carbocycles. The number of aromatic nitrogens is 3. The van der Waals surface area contributed by atoms with Crippen molar-refractivity contribution in [3.8, 4) is 0 Å². The summed E-state index contributed by atoms with van der Waals surface area (Å²) >= 11 is 0. The van der Waals surface area contributed by atoms with E-state index in [9.17, 15) is 4.79 Å². The van der Waals surface area contributed by atoms with Crippen molar-refractivity contribution >= 4 is 18.1 Å². The highest BCUT2D eigenvalue weighted by Gasteiger charge is 1.97. The van der Waals surface area contributed by atoms with E-state index in [0.717, 1.165) is 12.0 Å². The van der Waals surface area contributed by atoms with Crippen molar-refractivity contribution in [1.29, 1.82) is 0 Å². The van der Waals surface area contributed by atoms with Gasteiger partial charge in [0.2, 0.25) is 5.78 Å². The summed E-state index contributed by atoms with van der Waals surface area (Å²) in [4.78, 5) is 18.2. The molecule has 0 aromatic carbocycles. The normalized spacial score (nSPS) is 11.1. The van der Waals surface area contributed by atoms with Crippen LogP contribution in [0.2, 0.25) is 0 Å². The Hall–Kier alpha value is -1.97. The minimum atomic E-state index is 0.632. The zero-order chi connectivity index (χ0) is 9.10. The number of carbonyl (C=O) groups excluding carboxylic acids is 1. The van der Waals surface area contributed by atoms with Crippen LogP contribution in [0.4, 0.5) is 0 Å². The minimum Gasteiger partial charge on any atom is -0.299 e. The van der Waals surface area contributed by atoms with Gasteiger partial charge in [-0.15, -0.1) is 0 Å². The summed E-state index contributed by atoms with van der Waals surface area (Å²) in [6, 6.07) is 1.81. The Labute approximate surface area is 74.6 Å². The molecule has 0 N–H and O–H groups in total. The molecule has 0 spiro atoms. The maximum atomic E-state index is 10.1. The van der Waals surface area contributed by atoms with Crippen LogP contribution in [0, 0.1) is 0 Å². The Balaban J connectivity index is 2.57. The highest BCUT2D eigenvalue weighted by atomic mass is 16.1. The molecular formula is C9H7N3O. The standard InChI is InChI=1S/C9H7N3O/c13-6-1-3-8-7-11-9-10-4-2-5-12(8)9/h1-7H. The van der Waals surface area contributed by atoms with Gasteiger partial charge in [-0.05, 0) is 18.2 Å². The summed E-state index contributed by atoms with van der Waals surface area (Å²) < 4.78 is 1.81. The molecule has 0 amide bonds. The number of carbonyl (C=O) groups is 1. The number of hydrogen-bond acceptors (Lipinski definition) is 3.